The Kier molecular flexibility index (Phi) is 3.87. The summed E-state index contributed by atoms with van der Waals surface area (Å²) in [6.45, 7) is 9.94. The third-order valence-corrected chi connectivity index (χ3v) is 4.67. The van der Waals surface area contributed by atoms with E-state index >= 15 is 0 Å². The van der Waals surface area contributed by atoms with Crippen LogP contribution in [0, 0.1) is 5.82 Å². The predicted molar refractivity (Wildman–Crippen MR) is 90.6 cm³/mol. The molecule has 6 heteroatoms. The molecule has 0 fully saturated rings. The number of hydrogen-bond acceptors (Lipinski definition) is 3. The van der Waals surface area contributed by atoms with E-state index < -0.39 is 0 Å². The van der Waals surface area contributed by atoms with Crippen molar-refractivity contribution >= 4 is 17.3 Å². The van der Waals surface area contributed by atoms with Crippen LogP contribution in [0.15, 0.2) is 12.3 Å². The Morgan fingerprint density at radius 3 is 2.70 bits per heavy atom. The number of fused-ring (bicyclic) bond motifs is 1. The van der Waals surface area contributed by atoms with Gasteiger partial charge in [0.1, 0.15) is 5.15 Å². The molecule has 0 saturated heterocycles. The lowest BCUT2D eigenvalue weighted by Gasteiger charge is -2.39. The fourth-order valence-corrected chi connectivity index (χ4v) is 3.77. The molecule has 0 N–H and O–H groups in total. The molecule has 0 aromatic carbocycles. The van der Waals surface area contributed by atoms with Crippen molar-refractivity contribution < 1.29 is 4.39 Å². The molecule has 4 nitrogen and oxygen atoms in total. The fourth-order valence-electron chi connectivity index (χ4n) is 3.62. The van der Waals surface area contributed by atoms with Crippen LogP contribution in [0.2, 0.25) is 5.15 Å². The standard InChI is InChI=1S/C17H22ClFN4/c1-10(2)15-11-8-23(13-6-14(18)20-7-12(13)19)9-17(3,4)16(11)21-22(15)5/h6-7,10H,8-9H2,1-5H3. The highest BCUT2D eigenvalue weighted by molar-refractivity contribution is 6.29. The summed E-state index contributed by atoms with van der Waals surface area (Å²) < 4.78 is 16.2. The molecule has 2 aromatic rings. The van der Waals surface area contributed by atoms with E-state index in [0.29, 0.717) is 29.8 Å². The molecule has 0 atom stereocenters. The lowest BCUT2D eigenvalue weighted by Crippen LogP contribution is -2.42. The molecule has 0 saturated carbocycles. The van der Waals surface area contributed by atoms with E-state index in [4.69, 9.17) is 16.7 Å². The van der Waals surface area contributed by atoms with Gasteiger partial charge in [0.05, 0.1) is 17.6 Å². The smallest absolute Gasteiger partial charge is 0.164 e. The molecule has 0 unspecified atom stereocenters. The van der Waals surface area contributed by atoms with Gasteiger partial charge in [0, 0.05) is 42.9 Å². The Bertz CT molecular complexity index is 751. The molecule has 3 rings (SSSR count). The SMILES string of the molecule is CC(C)c1c2c(nn1C)C(C)(C)CN(c1cc(Cl)ncc1F)C2. The summed E-state index contributed by atoms with van der Waals surface area (Å²) in [5.74, 6) is 0.0153. The van der Waals surface area contributed by atoms with Crippen LogP contribution >= 0.6 is 11.6 Å². The van der Waals surface area contributed by atoms with Gasteiger partial charge in [0.2, 0.25) is 0 Å². The second-order valence-electron chi connectivity index (χ2n) is 7.19. The molecule has 124 valence electrons. The Hall–Kier alpha value is -1.62. The maximum Gasteiger partial charge on any atom is 0.164 e. The summed E-state index contributed by atoms with van der Waals surface area (Å²) in [6.07, 6.45) is 1.19. The van der Waals surface area contributed by atoms with Crippen molar-refractivity contribution in [1.29, 1.82) is 0 Å². The topological polar surface area (TPSA) is 34.0 Å². The van der Waals surface area contributed by atoms with Crippen molar-refractivity contribution in [2.45, 2.75) is 45.6 Å². The van der Waals surface area contributed by atoms with Crippen molar-refractivity contribution in [3.63, 3.8) is 0 Å². The van der Waals surface area contributed by atoms with Crippen molar-refractivity contribution in [3.05, 3.63) is 40.2 Å². The van der Waals surface area contributed by atoms with Gasteiger partial charge < -0.3 is 4.90 Å². The molecule has 0 radical (unpaired) electrons. The summed E-state index contributed by atoms with van der Waals surface area (Å²) in [7, 11) is 1.98. The van der Waals surface area contributed by atoms with Gasteiger partial charge >= 0.3 is 0 Å². The quantitative estimate of drug-likeness (QED) is 0.776. The number of pyridine rings is 1. The third-order valence-electron chi connectivity index (χ3n) is 4.46. The maximum atomic E-state index is 14.3. The fraction of sp³-hybridized carbons (Fsp3) is 0.529. The number of halogens is 2. The van der Waals surface area contributed by atoms with Crippen molar-refractivity contribution in [2.75, 3.05) is 11.4 Å². The van der Waals surface area contributed by atoms with Crippen LogP contribution in [0.4, 0.5) is 10.1 Å². The van der Waals surface area contributed by atoms with Gasteiger partial charge in [-0.2, -0.15) is 5.10 Å². The number of nitrogens with zero attached hydrogens (tertiary/aromatic N) is 4. The number of aryl methyl sites for hydroxylation is 1. The molecule has 0 spiro atoms. The number of anilines is 1. The number of hydrogen-bond donors (Lipinski definition) is 0. The average Bonchev–Trinajstić information content (AvgIpc) is 2.78. The zero-order valence-electron chi connectivity index (χ0n) is 14.2. The minimum atomic E-state index is -0.344. The Morgan fingerprint density at radius 2 is 2.04 bits per heavy atom. The lowest BCUT2D eigenvalue weighted by atomic mass is 9.81. The molecule has 0 aliphatic carbocycles. The van der Waals surface area contributed by atoms with Gasteiger partial charge in [0.25, 0.3) is 0 Å². The van der Waals surface area contributed by atoms with Crippen molar-refractivity contribution in [3.8, 4) is 0 Å². The van der Waals surface area contributed by atoms with Crippen LogP contribution in [-0.2, 0) is 19.0 Å². The number of aromatic nitrogens is 3. The lowest BCUT2D eigenvalue weighted by molar-refractivity contribution is 0.455. The Morgan fingerprint density at radius 1 is 1.35 bits per heavy atom. The normalized spacial score (nSPS) is 16.8. The number of rotatable bonds is 2. The zero-order valence-corrected chi connectivity index (χ0v) is 14.9. The summed E-state index contributed by atoms with van der Waals surface area (Å²) in [4.78, 5) is 5.85. The highest BCUT2D eigenvalue weighted by Gasteiger charge is 2.38. The predicted octanol–water partition coefficient (Wildman–Crippen LogP) is 4.03. The zero-order chi connectivity index (χ0) is 16.9. The molecular weight excluding hydrogens is 315 g/mol. The first-order chi connectivity index (χ1) is 10.7. The highest BCUT2D eigenvalue weighted by Crippen LogP contribution is 2.39. The summed E-state index contributed by atoms with van der Waals surface area (Å²) in [5.41, 5.74) is 3.85. The maximum absolute atomic E-state index is 14.3. The molecule has 3 heterocycles. The van der Waals surface area contributed by atoms with E-state index in [0.717, 1.165) is 5.69 Å². The largest absolute Gasteiger partial charge is 0.364 e. The highest BCUT2D eigenvalue weighted by atomic mass is 35.5. The summed E-state index contributed by atoms with van der Waals surface area (Å²) in [5, 5.41) is 5.06. The van der Waals surface area contributed by atoms with E-state index in [1.54, 1.807) is 6.07 Å². The van der Waals surface area contributed by atoms with E-state index in [2.05, 4.69) is 32.7 Å². The van der Waals surface area contributed by atoms with Gasteiger partial charge in [-0.3, -0.25) is 4.68 Å². The van der Waals surface area contributed by atoms with Crippen molar-refractivity contribution in [1.82, 2.24) is 14.8 Å². The summed E-state index contributed by atoms with van der Waals surface area (Å²) in [6, 6.07) is 1.60. The first kappa shape index (κ1) is 16.2. The molecule has 2 aromatic heterocycles. The molecule has 0 bridgehead atoms. The minimum Gasteiger partial charge on any atom is -0.364 e. The van der Waals surface area contributed by atoms with Gasteiger partial charge in [-0.25, -0.2) is 9.37 Å². The molecule has 0 amide bonds. The van der Waals surface area contributed by atoms with Gasteiger partial charge in [-0.15, -0.1) is 0 Å². The molecule has 1 aliphatic rings. The van der Waals surface area contributed by atoms with Crippen LogP contribution < -0.4 is 4.90 Å². The van der Waals surface area contributed by atoms with E-state index in [-0.39, 0.29) is 11.2 Å². The van der Waals surface area contributed by atoms with Crippen LogP contribution in [0.25, 0.3) is 0 Å². The van der Waals surface area contributed by atoms with E-state index in [1.165, 1.54) is 17.5 Å². The van der Waals surface area contributed by atoms with Crippen LogP contribution in [0.3, 0.4) is 0 Å². The van der Waals surface area contributed by atoms with E-state index in [1.807, 2.05) is 16.6 Å². The van der Waals surface area contributed by atoms with Crippen LogP contribution in [-0.4, -0.2) is 21.3 Å². The first-order valence-corrected chi connectivity index (χ1v) is 8.20. The second kappa shape index (κ2) is 5.48. The molecule has 1 aliphatic heterocycles. The Balaban J connectivity index is 2.11. The third kappa shape index (κ3) is 2.71. The Labute approximate surface area is 141 Å². The minimum absolute atomic E-state index is 0.166. The second-order valence-corrected chi connectivity index (χ2v) is 7.58. The average molecular weight is 337 g/mol. The molecular formula is C17H22ClFN4. The van der Waals surface area contributed by atoms with E-state index in [9.17, 15) is 4.39 Å². The molecule has 23 heavy (non-hydrogen) atoms. The van der Waals surface area contributed by atoms with Crippen LogP contribution in [0.5, 0.6) is 0 Å². The first-order valence-electron chi connectivity index (χ1n) is 7.83. The van der Waals surface area contributed by atoms with Gasteiger partial charge in [0.15, 0.2) is 5.82 Å². The van der Waals surface area contributed by atoms with Crippen LogP contribution in [0.1, 0.15) is 50.6 Å². The summed E-state index contributed by atoms with van der Waals surface area (Å²) >= 11 is 5.97. The van der Waals surface area contributed by atoms with Crippen molar-refractivity contribution in [2.24, 2.45) is 7.05 Å². The monoisotopic (exact) mass is 336 g/mol. The van der Waals surface area contributed by atoms with Gasteiger partial charge in [-0.05, 0) is 5.92 Å². The van der Waals surface area contributed by atoms with Gasteiger partial charge in [-0.1, -0.05) is 39.3 Å².